The van der Waals surface area contributed by atoms with E-state index >= 15 is 0 Å². The minimum Gasteiger partial charge on any atom is -0.381 e. The predicted octanol–water partition coefficient (Wildman–Crippen LogP) is 2.58. The van der Waals surface area contributed by atoms with Gasteiger partial charge in [-0.15, -0.1) is 0 Å². The number of rotatable bonds is 4. The summed E-state index contributed by atoms with van der Waals surface area (Å²) in [7, 11) is 1.81. The Bertz CT molecular complexity index is 420. The molecule has 0 unspecified atom stereocenters. The molecule has 0 saturated carbocycles. The number of ether oxygens (including phenoxy) is 1. The van der Waals surface area contributed by atoms with Crippen LogP contribution in [0.15, 0.2) is 18.3 Å². The molecule has 0 aromatic carbocycles. The first-order valence-corrected chi connectivity index (χ1v) is 7.46. The third-order valence-electron chi connectivity index (χ3n) is 3.75. The van der Waals surface area contributed by atoms with Crippen molar-refractivity contribution in [2.75, 3.05) is 25.1 Å². The van der Waals surface area contributed by atoms with E-state index in [-0.39, 0.29) is 5.54 Å². The van der Waals surface area contributed by atoms with Crippen molar-refractivity contribution < 1.29 is 4.74 Å². The van der Waals surface area contributed by atoms with Crippen LogP contribution in [0.4, 0.5) is 5.82 Å². The molecule has 0 spiro atoms. The predicted molar refractivity (Wildman–Crippen MR) is 83.1 cm³/mol. The van der Waals surface area contributed by atoms with Gasteiger partial charge in [-0.1, -0.05) is 6.07 Å². The van der Waals surface area contributed by atoms with Crippen molar-refractivity contribution in [2.24, 2.45) is 0 Å². The lowest BCUT2D eigenvalue weighted by Gasteiger charge is -2.33. The summed E-state index contributed by atoms with van der Waals surface area (Å²) < 4.78 is 5.44. The summed E-state index contributed by atoms with van der Waals surface area (Å²) in [4.78, 5) is 6.98. The fraction of sp³-hybridized carbons (Fsp3) is 0.688. The van der Waals surface area contributed by atoms with Crippen molar-refractivity contribution in [3.8, 4) is 0 Å². The molecule has 1 aromatic rings. The quantitative estimate of drug-likeness (QED) is 0.918. The highest BCUT2D eigenvalue weighted by Crippen LogP contribution is 2.23. The Labute approximate surface area is 122 Å². The number of piperidine rings is 1. The van der Waals surface area contributed by atoms with E-state index in [0.717, 1.165) is 38.3 Å². The van der Waals surface area contributed by atoms with Gasteiger partial charge in [-0.3, -0.25) is 0 Å². The number of aromatic nitrogens is 1. The molecule has 4 nitrogen and oxygen atoms in total. The van der Waals surface area contributed by atoms with Crippen molar-refractivity contribution in [1.82, 2.24) is 10.3 Å². The summed E-state index contributed by atoms with van der Waals surface area (Å²) in [5.74, 6) is 1.12. The average molecular weight is 277 g/mol. The standard InChI is InChI=1S/C16H27N3O/c1-16(2,3)18-12-13-6-5-9-17-15(13)19-10-7-14(20-4)8-11-19/h5-6,9,14,18H,7-8,10-12H2,1-4H3. The van der Waals surface area contributed by atoms with Gasteiger partial charge in [0.15, 0.2) is 0 Å². The second-order valence-corrected chi connectivity index (χ2v) is 6.51. The molecule has 0 atom stereocenters. The molecule has 0 radical (unpaired) electrons. The highest BCUT2D eigenvalue weighted by Gasteiger charge is 2.21. The number of pyridine rings is 1. The van der Waals surface area contributed by atoms with Crippen molar-refractivity contribution in [3.05, 3.63) is 23.9 Å². The molecule has 0 aliphatic carbocycles. The first-order valence-electron chi connectivity index (χ1n) is 7.46. The van der Waals surface area contributed by atoms with Crippen molar-refractivity contribution in [2.45, 2.75) is 51.8 Å². The molecule has 112 valence electrons. The van der Waals surface area contributed by atoms with Gasteiger partial charge >= 0.3 is 0 Å². The lowest BCUT2D eigenvalue weighted by Crippen LogP contribution is -2.39. The van der Waals surface area contributed by atoms with E-state index in [1.54, 1.807) is 7.11 Å². The van der Waals surface area contributed by atoms with Gasteiger partial charge in [0, 0.05) is 44.0 Å². The number of hydrogen-bond donors (Lipinski definition) is 1. The largest absolute Gasteiger partial charge is 0.381 e. The molecule has 2 rings (SSSR count). The SMILES string of the molecule is COC1CCN(c2ncccc2CNC(C)(C)C)CC1. The molecule has 1 aromatic heterocycles. The number of nitrogens with zero attached hydrogens (tertiary/aromatic N) is 2. The first-order chi connectivity index (χ1) is 9.49. The van der Waals surface area contributed by atoms with Crippen LogP contribution in [-0.2, 0) is 11.3 Å². The summed E-state index contributed by atoms with van der Waals surface area (Å²) in [6, 6.07) is 4.19. The van der Waals surface area contributed by atoms with E-state index in [9.17, 15) is 0 Å². The third-order valence-corrected chi connectivity index (χ3v) is 3.75. The molecule has 4 heteroatoms. The molecular formula is C16H27N3O. The Hall–Kier alpha value is -1.13. The second-order valence-electron chi connectivity index (χ2n) is 6.51. The number of hydrogen-bond acceptors (Lipinski definition) is 4. The van der Waals surface area contributed by atoms with Crippen LogP contribution in [0.2, 0.25) is 0 Å². The van der Waals surface area contributed by atoms with E-state index < -0.39 is 0 Å². The molecule has 2 heterocycles. The van der Waals surface area contributed by atoms with Gasteiger partial charge in [0.25, 0.3) is 0 Å². The third kappa shape index (κ3) is 4.18. The lowest BCUT2D eigenvalue weighted by atomic mass is 10.1. The Morgan fingerprint density at radius 2 is 2.05 bits per heavy atom. The zero-order valence-electron chi connectivity index (χ0n) is 13.1. The van der Waals surface area contributed by atoms with Gasteiger partial charge in [-0.05, 0) is 39.7 Å². The van der Waals surface area contributed by atoms with Gasteiger partial charge in [0.2, 0.25) is 0 Å². The van der Waals surface area contributed by atoms with Crippen molar-refractivity contribution in [3.63, 3.8) is 0 Å². The van der Waals surface area contributed by atoms with Crippen LogP contribution in [-0.4, -0.2) is 36.8 Å². The number of nitrogens with one attached hydrogen (secondary N) is 1. The normalized spacial score (nSPS) is 17.5. The Balaban J connectivity index is 2.04. The van der Waals surface area contributed by atoms with Gasteiger partial charge < -0.3 is 15.0 Å². The molecular weight excluding hydrogens is 250 g/mol. The molecule has 1 aliphatic rings. The summed E-state index contributed by atoms with van der Waals surface area (Å²) in [5.41, 5.74) is 1.40. The van der Waals surface area contributed by atoms with E-state index in [4.69, 9.17) is 4.74 Å². The van der Waals surface area contributed by atoms with Gasteiger partial charge in [0.05, 0.1) is 6.10 Å². The Morgan fingerprint density at radius 3 is 2.65 bits per heavy atom. The maximum Gasteiger partial charge on any atom is 0.133 e. The summed E-state index contributed by atoms with van der Waals surface area (Å²) in [5, 5.41) is 3.55. The molecule has 1 N–H and O–H groups in total. The first kappa shape index (κ1) is 15.3. The maximum absolute atomic E-state index is 5.44. The smallest absolute Gasteiger partial charge is 0.133 e. The van der Waals surface area contributed by atoms with Crippen LogP contribution in [0.5, 0.6) is 0 Å². The zero-order chi connectivity index (χ0) is 14.6. The van der Waals surface area contributed by atoms with Crippen molar-refractivity contribution in [1.29, 1.82) is 0 Å². The van der Waals surface area contributed by atoms with E-state index in [1.807, 2.05) is 12.3 Å². The molecule has 1 saturated heterocycles. The Morgan fingerprint density at radius 1 is 1.35 bits per heavy atom. The van der Waals surface area contributed by atoms with E-state index in [0.29, 0.717) is 6.10 Å². The maximum atomic E-state index is 5.44. The summed E-state index contributed by atoms with van der Waals surface area (Å²) >= 11 is 0. The summed E-state index contributed by atoms with van der Waals surface area (Å²) in [6.45, 7) is 9.47. The van der Waals surface area contributed by atoms with Gasteiger partial charge in [0.1, 0.15) is 5.82 Å². The minimum atomic E-state index is 0.121. The van der Waals surface area contributed by atoms with Crippen molar-refractivity contribution >= 4 is 5.82 Å². The molecule has 0 bridgehead atoms. The number of anilines is 1. The molecule has 20 heavy (non-hydrogen) atoms. The monoisotopic (exact) mass is 277 g/mol. The second kappa shape index (κ2) is 6.55. The fourth-order valence-corrected chi connectivity index (χ4v) is 2.52. The van der Waals surface area contributed by atoms with Crippen LogP contribution in [0.3, 0.4) is 0 Å². The highest BCUT2D eigenvalue weighted by atomic mass is 16.5. The Kier molecular flexibility index (Phi) is 5.00. The number of methoxy groups -OCH3 is 1. The van der Waals surface area contributed by atoms with Gasteiger partial charge in [-0.25, -0.2) is 4.98 Å². The van der Waals surface area contributed by atoms with E-state index in [2.05, 4.69) is 42.0 Å². The topological polar surface area (TPSA) is 37.4 Å². The van der Waals surface area contributed by atoms with E-state index in [1.165, 1.54) is 5.56 Å². The lowest BCUT2D eigenvalue weighted by molar-refractivity contribution is 0.0817. The minimum absolute atomic E-state index is 0.121. The van der Waals surface area contributed by atoms with Crippen LogP contribution in [0, 0.1) is 0 Å². The van der Waals surface area contributed by atoms with Crippen LogP contribution in [0.25, 0.3) is 0 Å². The average Bonchev–Trinajstić information content (AvgIpc) is 2.45. The summed E-state index contributed by atoms with van der Waals surface area (Å²) in [6.07, 6.45) is 4.46. The van der Waals surface area contributed by atoms with Crippen LogP contribution < -0.4 is 10.2 Å². The molecule has 1 aliphatic heterocycles. The van der Waals surface area contributed by atoms with Gasteiger partial charge in [-0.2, -0.15) is 0 Å². The van der Waals surface area contributed by atoms with Crippen LogP contribution in [0.1, 0.15) is 39.2 Å². The van der Waals surface area contributed by atoms with Crippen LogP contribution >= 0.6 is 0 Å². The molecule has 1 fully saturated rings. The fourth-order valence-electron chi connectivity index (χ4n) is 2.52. The highest BCUT2D eigenvalue weighted by molar-refractivity contribution is 5.47. The molecule has 0 amide bonds. The zero-order valence-corrected chi connectivity index (χ0v) is 13.1.